The molecule has 7 heteroatoms. The lowest BCUT2D eigenvalue weighted by molar-refractivity contribution is -0.137. The molecule has 0 aliphatic heterocycles. The highest BCUT2D eigenvalue weighted by molar-refractivity contribution is 7.91. The zero-order valence-electron chi connectivity index (χ0n) is 16.0. The van der Waals surface area contributed by atoms with E-state index in [4.69, 9.17) is 0 Å². The lowest BCUT2D eigenvalue weighted by atomic mass is 9.97. The average molecular weight is 412 g/mol. The van der Waals surface area contributed by atoms with E-state index in [1.54, 1.807) is 45.0 Å². The Balaban J connectivity index is 2.02. The highest BCUT2D eigenvalue weighted by Gasteiger charge is 2.30. The minimum Gasteiger partial charge on any atom is -0.294 e. The molecule has 0 spiro atoms. The van der Waals surface area contributed by atoms with E-state index in [0.29, 0.717) is 28.7 Å². The van der Waals surface area contributed by atoms with Crippen molar-refractivity contribution in [1.82, 2.24) is 0 Å². The maximum absolute atomic E-state index is 12.7. The molecular weight excluding hydrogens is 389 g/mol. The molecule has 2 aromatic rings. The Morgan fingerprint density at radius 1 is 1.04 bits per heavy atom. The fourth-order valence-electron chi connectivity index (χ4n) is 2.73. The molecule has 0 amide bonds. The van der Waals surface area contributed by atoms with Gasteiger partial charge in [-0.3, -0.25) is 4.79 Å². The topological polar surface area (TPSA) is 51.2 Å². The van der Waals surface area contributed by atoms with Gasteiger partial charge in [-0.2, -0.15) is 13.2 Å². The first kappa shape index (κ1) is 22.1. The minimum atomic E-state index is -4.39. The van der Waals surface area contributed by atoms with E-state index < -0.39 is 26.8 Å². The lowest BCUT2D eigenvalue weighted by Crippen LogP contribution is -2.16. The van der Waals surface area contributed by atoms with Crippen LogP contribution in [-0.4, -0.2) is 19.5 Å². The minimum absolute atomic E-state index is 0.0795. The summed E-state index contributed by atoms with van der Waals surface area (Å²) in [6.45, 7) is 4.84. The number of halogens is 3. The number of aryl methyl sites for hydroxylation is 2. The van der Waals surface area contributed by atoms with Gasteiger partial charge in [-0.05, 0) is 56.0 Å². The molecule has 0 heterocycles. The molecule has 0 N–H and O–H groups in total. The molecule has 28 heavy (non-hydrogen) atoms. The zero-order valence-corrected chi connectivity index (χ0v) is 16.8. The van der Waals surface area contributed by atoms with Crippen molar-refractivity contribution in [3.05, 3.63) is 70.3 Å². The number of alkyl halides is 3. The van der Waals surface area contributed by atoms with Crippen molar-refractivity contribution < 1.29 is 26.4 Å². The summed E-state index contributed by atoms with van der Waals surface area (Å²) in [5.74, 6) is -0.221. The van der Waals surface area contributed by atoms with Gasteiger partial charge in [0, 0.05) is 12.0 Å². The third-order valence-electron chi connectivity index (χ3n) is 4.65. The molecule has 0 aliphatic rings. The molecule has 0 unspecified atom stereocenters. The van der Waals surface area contributed by atoms with Gasteiger partial charge >= 0.3 is 6.18 Å². The van der Waals surface area contributed by atoms with Crippen LogP contribution in [0.15, 0.2) is 42.5 Å². The van der Waals surface area contributed by atoms with Crippen LogP contribution in [0.25, 0.3) is 0 Å². The van der Waals surface area contributed by atoms with E-state index in [0.717, 1.165) is 12.1 Å². The number of carbonyl (C=O) groups is 1. The van der Waals surface area contributed by atoms with E-state index in [2.05, 4.69) is 0 Å². The Kier molecular flexibility index (Phi) is 6.70. The van der Waals surface area contributed by atoms with Crippen molar-refractivity contribution in [2.45, 2.75) is 50.8 Å². The van der Waals surface area contributed by atoms with Crippen LogP contribution in [-0.2, 0) is 28.2 Å². The van der Waals surface area contributed by atoms with Crippen LogP contribution >= 0.6 is 0 Å². The van der Waals surface area contributed by atoms with Crippen molar-refractivity contribution in [3.63, 3.8) is 0 Å². The third kappa shape index (κ3) is 5.67. The molecule has 0 bridgehead atoms. The summed E-state index contributed by atoms with van der Waals surface area (Å²) < 4.78 is 62.1. The number of benzene rings is 2. The van der Waals surface area contributed by atoms with Crippen molar-refractivity contribution in [2.24, 2.45) is 0 Å². The second-order valence-corrected chi connectivity index (χ2v) is 9.67. The fourth-order valence-corrected chi connectivity index (χ4v) is 3.72. The van der Waals surface area contributed by atoms with Gasteiger partial charge in [-0.25, -0.2) is 8.42 Å². The van der Waals surface area contributed by atoms with Crippen LogP contribution in [0.3, 0.4) is 0 Å². The first-order chi connectivity index (χ1) is 12.9. The number of Topliss-reactive ketones (excluding diaryl/α,β-unsaturated/α-hetero) is 1. The quantitative estimate of drug-likeness (QED) is 0.591. The van der Waals surface area contributed by atoms with Crippen LogP contribution in [0.1, 0.15) is 52.9 Å². The predicted octanol–water partition coefficient (Wildman–Crippen LogP) is 5.15. The molecule has 0 saturated carbocycles. The second kappa shape index (κ2) is 8.47. The van der Waals surface area contributed by atoms with E-state index in [-0.39, 0.29) is 18.0 Å². The third-order valence-corrected chi connectivity index (χ3v) is 6.83. The molecule has 2 aromatic carbocycles. The molecule has 0 aliphatic carbocycles. The van der Waals surface area contributed by atoms with Gasteiger partial charge in [0.05, 0.1) is 16.6 Å². The Bertz CT molecular complexity index is 944. The van der Waals surface area contributed by atoms with Crippen molar-refractivity contribution in [1.29, 1.82) is 0 Å². The first-order valence-corrected chi connectivity index (χ1v) is 10.6. The monoisotopic (exact) mass is 412 g/mol. The Morgan fingerprint density at radius 2 is 1.64 bits per heavy atom. The van der Waals surface area contributed by atoms with Crippen LogP contribution in [0.5, 0.6) is 0 Å². The number of hydrogen-bond donors (Lipinski definition) is 0. The summed E-state index contributed by atoms with van der Waals surface area (Å²) >= 11 is 0. The maximum Gasteiger partial charge on any atom is 0.416 e. The molecule has 0 radical (unpaired) electrons. The molecule has 0 fully saturated rings. The van der Waals surface area contributed by atoms with Crippen LogP contribution in [0.2, 0.25) is 0 Å². The van der Waals surface area contributed by atoms with Gasteiger partial charge in [0.15, 0.2) is 15.6 Å². The number of hydrogen-bond acceptors (Lipinski definition) is 3. The maximum atomic E-state index is 12.7. The summed E-state index contributed by atoms with van der Waals surface area (Å²) in [5.41, 5.74) is 1.56. The second-order valence-electron chi connectivity index (χ2n) is 7.12. The number of ketones is 1. The summed E-state index contributed by atoms with van der Waals surface area (Å²) in [4.78, 5) is 12.4. The van der Waals surface area contributed by atoms with E-state index in [1.165, 1.54) is 6.07 Å². The molecule has 2 rings (SSSR count). The number of carbonyl (C=O) groups excluding carboxylic acids is 1. The standard InChI is InChI=1S/C21H23F3O3S/c1-14(2)28(26,27)13-16-4-6-18(7-5-16)20(25)11-9-17-8-10-19(12-15(17)3)21(22,23)24/h4-8,10,12,14H,9,11,13H2,1-3H3. The lowest BCUT2D eigenvalue weighted by Gasteiger charge is -2.11. The van der Waals surface area contributed by atoms with Gasteiger partial charge in [0.25, 0.3) is 0 Å². The highest BCUT2D eigenvalue weighted by Crippen LogP contribution is 2.30. The van der Waals surface area contributed by atoms with Gasteiger partial charge in [0.2, 0.25) is 0 Å². The fraction of sp³-hybridized carbons (Fsp3) is 0.381. The number of rotatable bonds is 7. The molecular formula is C21H23F3O3S. The van der Waals surface area contributed by atoms with Crippen molar-refractivity contribution in [3.8, 4) is 0 Å². The molecule has 0 aromatic heterocycles. The summed E-state index contributed by atoms with van der Waals surface area (Å²) in [6, 6.07) is 9.94. The first-order valence-electron chi connectivity index (χ1n) is 8.90. The van der Waals surface area contributed by atoms with Crippen LogP contribution in [0, 0.1) is 6.92 Å². The Labute approximate surface area is 163 Å². The van der Waals surface area contributed by atoms with E-state index in [9.17, 15) is 26.4 Å². The normalized spacial score (nSPS) is 12.4. The van der Waals surface area contributed by atoms with Gasteiger partial charge in [-0.15, -0.1) is 0 Å². The molecule has 3 nitrogen and oxygen atoms in total. The molecule has 0 saturated heterocycles. The smallest absolute Gasteiger partial charge is 0.294 e. The summed E-state index contributed by atoms with van der Waals surface area (Å²) in [5, 5.41) is -0.471. The predicted molar refractivity (Wildman–Crippen MR) is 103 cm³/mol. The van der Waals surface area contributed by atoms with Gasteiger partial charge in [0.1, 0.15) is 0 Å². The average Bonchev–Trinajstić information content (AvgIpc) is 2.59. The Morgan fingerprint density at radius 3 is 2.14 bits per heavy atom. The Hall–Kier alpha value is -2.15. The zero-order chi connectivity index (χ0) is 21.1. The van der Waals surface area contributed by atoms with E-state index >= 15 is 0 Å². The molecule has 152 valence electrons. The number of sulfone groups is 1. The van der Waals surface area contributed by atoms with E-state index in [1.807, 2.05) is 0 Å². The van der Waals surface area contributed by atoms with Crippen LogP contribution < -0.4 is 0 Å². The van der Waals surface area contributed by atoms with Crippen molar-refractivity contribution in [2.75, 3.05) is 0 Å². The summed E-state index contributed by atoms with van der Waals surface area (Å²) in [7, 11) is -3.21. The van der Waals surface area contributed by atoms with Gasteiger partial charge < -0.3 is 0 Å². The summed E-state index contributed by atoms with van der Waals surface area (Å²) in [6.07, 6.45) is -3.88. The largest absolute Gasteiger partial charge is 0.416 e. The van der Waals surface area contributed by atoms with Crippen molar-refractivity contribution >= 4 is 15.6 Å². The highest BCUT2D eigenvalue weighted by atomic mass is 32.2. The molecule has 0 atom stereocenters. The van der Waals surface area contributed by atoms with Gasteiger partial charge in [-0.1, -0.05) is 30.3 Å². The van der Waals surface area contributed by atoms with Crippen LogP contribution in [0.4, 0.5) is 13.2 Å². The SMILES string of the molecule is Cc1cc(C(F)(F)F)ccc1CCC(=O)c1ccc(CS(=O)(=O)C(C)C)cc1.